The first-order valence-electron chi connectivity index (χ1n) is 19.8. The molecule has 0 unspecified atom stereocenters. The molecule has 0 aliphatic carbocycles. The van der Waals surface area contributed by atoms with Gasteiger partial charge in [-0.15, -0.1) is 11.3 Å². The minimum atomic E-state index is -0.0152. The third-order valence-electron chi connectivity index (χ3n) is 11.7. The van der Waals surface area contributed by atoms with E-state index < -0.39 is 0 Å². The van der Waals surface area contributed by atoms with Gasteiger partial charge in [0.2, 0.25) is 0 Å². The zero-order chi connectivity index (χ0) is 38.2. The highest BCUT2D eigenvalue weighted by Gasteiger charge is 2.46. The Labute approximate surface area is 341 Å². The highest BCUT2D eigenvalue weighted by Crippen LogP contribution is 2.51. The molecule has 272 valence electrons. The van der Waals surface area contributed by atoms with Gasteiger partial charge in [0.15, 0.2) is 0 Å². The van der Waals surface area contributed by atoms with E-state index in [9.17, 15) is 0 Å². The highest BCUT2D eigenvalue weighted by molar-refractivity contribution is 7.34. The van der Waals surface area contributed by atoms with Crippen LogP contribution in [0.15, 0.2) is 212 Å². The minimum Gasteiger partial charge on any atom is -0.317 e. The molecule has 10 aromatic rings. The number of hydrogen-bond donors (Lipinski definition) is 0. The second-order valence-corrected chi connectivity index (χ2v) is 16.0. The predicted molar refractivity (Wildman–Crippen MR) is 247 cm³/mol. The number of fused-ring (bicyclic) bond motifs is 8. The lowest BCUT2D eigenvalue weighted by atomic mass is 9.35. The monoisotopic (exact) mass is 758 g/mol. The molecule has 0 bridgehead atoms. The van der Waals surface area contributed by atoms with Gasteiger partial charge in [-0.2, -0.15) is 0 Å². The van der Waals surface area contributed by atoms with Crippen LogP contribution in [0.3, 0.4) is 0 Å². The first-order chi connectivity index (χ1) is 28.8. The van der Waals surface area contributed by atoms with Crippen molar-refractivity contribution in [1.29, 1.82) is 0 Å². The summed E-state index contributed by atoms with van der Waals surface area (Å²) in [5.41, 5.74) is 15.4. The molecule has 0 amide bonds. The first kappa shape index (κ1) is 32.9. The van der Waals surface area contributed by atoms with Crippen molar-refractivity contribution in [2.45, 2.75) is 0 Å². The van der Waals surface area contributed by atoms with E-state index >= 15 is 0 Å². The van der Waals surface area contributed by atoms with Crippen LogP contribution in [0.4, 0.5) is 51.2 Å². The molecule has 4 heterocycles. The molecule has 58 heavy (non-hydrogen) atoms. The normalized spacial score (nSPS) is 12.7. The maximum atomic E-state index is 2.55. The summed E-state index contributed by atoms with van der Waals surface area (Å²) in [5, 5.41) is 2.53. The van der Waals surface area contributed by atoms with E-state index in [0.717, 1.165) is 34.1 Å². The minimum absolute atomic E-state index is 0.0152. The number of rotatable bonds is 6. The van der Waals surface area contributed by atoms with E-state index in [1.165, 1.54) is 59.4 Å². The number of thiophene rings is 1. The van der Waals surface area contributed by atoms with Crippen LogP contribution < -0.4 is 30.4 Å². The van der Waals surface area contributed by atoms with Gasteiger partial charge in [0, 0.05) is 66.6 Å². The summed E-state index contributed by atoms with van der Waals surface area (Å²) < 4.78 is 4.99. The van der Waals surface area contributed by atoms with Gasteiger partial charge >= 0.3 is 0 Å². The van der Waals surface area contributed by atoms with Crippen molar-refractivity contribution < 1.29 is 0 Å². The Kier molecular flexibility index (Phi) is 7.47. The number of hydrogen-bond acceptors (Lipinski definition) is 4. The fraction of sp³-hybridized carbons (Fsp3) is 0. The van der Waals surface area contributed by atoms with Crippen LogP contribution in [0.5, 0.6) is 0 Å². The second kappa shape index (κ2) is 13.2. The van der Waals surface area contributed by atoms with Crippen molar-refractivity contribution in [1.82, 2.24) is 4.57 Å². The quantitative estimate of drug-likeness (QED) is 0.157. The number of benzene rings is 8. The summed E-state index contributed by atoms with van der Waals surface area (Å²) in [6, 6.07) is 74.9. The highest BCUT2D eigenvalue weighted by atomic mass is 32.1. The maximum absolute atomic E-state index is 2.55. The molecule has 2 aliphatic rings. The molecule has 0 saturated heterocycles. The van der Waals surface area contributed by atoms with Crippen molar-refractivity contribution >= 4 is 106 Å². The molecule has 2 aliphatic heterocycles. The first-order valence-corrected chi connectivity index (χ1v) is 20.6. The van der Waals surface area contributed by atoms with Gasteiger partial charge in [-0.05, 0) is 113 Å². The average molecular weight is 759 g/mol. The smallest absolute Gasteiger partial charge is 0.265 e. The molecule has 0 saturated carbocycles. The number of anilines is 9. The van der Waals surface area contributed by atoms with Crippen LogP contribution in [0.2, 0.25) is 0 Å². The molecule has 2 aromatic heterocycles. The van der Waals surface area contributed by atoms with E-state index in [1.54, 1.807) is 0 Å². The molecule has 0 spiro atoms. The largest absolute Gasteiger partial charge is 0.317 e. The second-order valence-electron chi connectivity index (χ2n) is 14.9. The van der Waals surface area contributed by atoms with Crippen molar-refractivity contribution in [3.63, 3.8) is 0 Å². The van der Waals surface area contributed by atoms with Gasteiger partial charge in [0.1, 0.15) is 0 Å². The Morgan fingerprint density at radius 2 is 0.948 bits per heavy atom. The van der Waals surface area contributed by atoms with E-state index in [-0.39, 0.29) is 6.71 Å². The SMILES string of the molecule is c1ccc(N(c2ccccc2)c2cc3c4c(c2)N(c2ccccc2)c2c(sc5ccccc25)B4c2c(ccc4c2ccn4-c2ccccc2)N3c2ccccc2)cc1. The molecule has 8 aromatic carbocycles. The summed E-state index contributed by atoms with van der Waals surface area (Å²) in [5.74, 6) is 0. The standard InChI is InChI=1S/C52H35BN4S/c1-6-18-36(19-7-1)54-33-32-42-44(54)30-31-45-49(42)53-50-46(56(45)39-24-12-4-13-25-39)34-41(55(37-20-8-2-9-21-37)38-22-10-3-11-23-38)35-47(50)57(40-26-14-5-15-27-40)51-43-28-16-17-29-48(43)58-52(51)53/h1-35H. The number of aromatic nitrogens is 1. The Morgan fingerprint density at radius 3 is 1.59 bits per heavy atom. The average Bonchev–Trinajstić information content (AvgIpc) is 3.90. The fourth-order valence-electron chi connectivity index (χ4n) is 9.38. The molecule has 0 N–H and O–H groups in total. The van der Waals surface area contributed by atoms with Crippen molar-refractivity contribution in [2.24, 2.45) is 0 Å². The van der Waals surface area contributed by atoms with Crippen LogP contribution in [-0.4, -0.2) is 11.3 Å². The van der Waals surface area contributed by atoms with E-state index in [4.69, 9.17) is 0 Å². The van der Waals surface area contributed by atoms with Gasteiger partial charge in [0.25, 0.3) is 6.71 Å². The lowest BCUT2D eigenvalue weighted by molar-refractivity contribution is 1.13. The Hall–Kier alpha value is -7.28. The molecule has 0 fully saturated rings. The fourth-order valence-corrected chi connectivity index (χ4v) is 10.7. The zero-order valence-corrected chi connectivity index (χ0v) is 32.3. The van der Waals surface area contributed by atoms with E-state index in [1.807, 2.05) is 11.3 Å². The van der Waals surface area contributed by atoms with Gasteiger partial charge in [0.05, 0.1) is 16.9 Å². The molecule has 4 nitrogen and oxygen atoms in total. The van der Waals surface area contributed by atoms with Crippen molar-refractivity contribution in [3.05, 3.63) is 212 Å². The van der Waals surface area contributed by atoms with Gasteiger partial charge in [-0.1, -0.05) is 109 Å². The Morgan fingerprint density at radius 1 is 0.414 bits per heavy atom. The van der Waals surface area contributed by atoms with Crippen LogP contribution >= 0.6 is 11.3 Å². The molecular weight excluding hydrogens is 723 g/mol. The van der Waals surface area contributed by atoms with E-state index in [2.05, 4.69) is 232 Å². The summed E-state index contributed by atoms with van der Waals surface area (Å²) >= 11 is 1.94. The molecule has 6 heteroatoms. The van der Waals surface area contributed by atoms with Crippen LogP contribution in [0.25, 0.3) is 26.7 Å². The third kappa shape index (κ3) is 4.95. The van der Waals surface area contributed by atoms with Crippen molar-refractivity contribution in [3.8, 4) is 5.69 Å². The van der Waals surface area contributed by atoms with Crippen molar-refractivity contribution in [2.75, 3.05) is 14.7 Å². The summed E-state index contributed by atoms with van der Waals surface area (Å²) in [4.78, 5) is 7.46. The van der Waals surface area contributed by atoms with Crippen LogP contribution in [-0.2, 0) is 0 Å². The van der Waals surface area contributed by atoms with E-state index in [0.29, 0.717) is 0 Å². The molecular formula is C52H35BN4S. The number of para-hydroxylation sites is 5. The third-order valence-corrected chi connectivity index (χ3v) is 13.0. The zero-order valence-electron chi connectivity index (χ0n) is 31.5. The van der Waals surface area contributed by atoms with Crippen LogP contribution in [0, 0.1) is 0 Å². The summed E-state index contributed by atoms with van der Waals surface area (Å²) in [6.07, 6.45) is 2.25. The topological polar surface area (TPSA) is 14.7 Å². The Bertz CT molecular complexity index is 3090. The predicted octanol–water partition coefficient (Wildman–Crippen LogP) is 12.4. The molecule has 12 rings (SSSR count). The Balaban J connectivity index is 1.24. The molecule has 0 atom stereocenters. The van der Waals surface area contributed by atoms with Crippen LogP contribution in [0.1, 0.15) is 0 Å². The van der Waals surface area contributed by atoms with Gasteiger partial charge in [-0.3, -0.25) is 0 Å². The summed E-state index contributed by atoms with van der Waals surface area (Å²) in [7, 11) is 0. The lowest BCUT2D eigenvalue weighted by Gasteiger charge is -2.44. The van der Waals surface area contributed by atoms with Gasteiger partial charge in [-0.25, -0.2) is 0 Å². The molecule has 0 radical (unpaired) electrons. The summed E-state index contributed by atoms with van der Waals surface area (Å²) in [6.45, 7) is -0.0152. The lowest BCUT2D eigenvalue weighted by Crippen LogP contribution is -2.60. The van der Waals surface area contributed by atoms with Gasteiger partial charge < -0.3 is 19.3 Å². The number of nitrogens with zero attached hydrogens (tertiary/aromatic N) is 4. The maximum Gasteiger partial charge on any atom is 0.265 e.